The van der Waals surface area contributed by atoms with Crippen molar-refractivity contribution in [3.8, 4) is 11.5 Å². The molecular formula is C24H29N3O7S. The minimum Gasteiger partial charge on any atom is -0.493 e. The number of fused-ring (bicyclic) bond motifs is 1. The molecule has 0 N–H and O–H groups in total. The summed E-state index contributed by atoms with van der Waals surface area (Å²) in [6.45, 7) is 3.39. The Labute approximate surface area is 205 Å². The highest BCUT2D eigenvalue weighted by molar-refractivity contribution is 7.72. The quantitative estimate of drug-likeness (QED) is 0.297. The molecule has 1 aliphatic heterocycles. The van der Waals surface area contributed by atoms with Crippen LogP contribution in [-0.2, 0) is 15.5 Å². The summed E-state index contributed by atoms with van der Waals surface area (Å²) in [6, 6.07) is 9.74. The highest BCUT2D eigenvalue weighted by Crippen LogP contribution is 2.35. The molecule has 188 valence electrons. The maximum absolute atomic E-state index is 13.5. The topological polar surface area (TPSA) is 114 Å². The standard InChI is InChI=1S/C24H29N3O7S/c1-6-34-21-12-16(10-11-20(21)33-5)17(14-35(31)32)13-26-23(29)18-8-7-9-19(22(18)24(26)30)27(15(2)28)25(3)4/h7-12,17,35H,6,13-14H2,1-5H3. The van der Waals surface area contributed by atoms with Gasteiger partial charge in [0, 0.05) is 33.5 Å². The fourth-order valence-corrected chi connectivity index (χ4v) is 4.90. The molecule has 0 aromatic heterocycles. The van der Waals surface area contributed by atoms with Crippen molar-refractivity contribution in [1.29, 1.82) is 0 Å². The summed E-state index contributed by atoms with van der Waals surface area (Å²) in [5.74, 6) is -1.50. The summed E-state index contributed by atoms with van der Waals surface area (Å²) < 4.78 is 34.3. The Morgan fingerprint density at radius 1 is 1.09 bits per heavy atom. The van der Waals surface area contributed by atoms with Gasteiger partial charge in [-0.25, -0.2) is 18.4 Å². The van der Waals surface area contributed by atoms with E-state index in [4.69, 9.17) is 9.47 Å². The van der Waals surface area contributed by atoms with E-state index in [1.165, 1.54) is 30.1 Å². The van der Waals surface area contributed by atoms with Crippen LogP contribution < -0.4 is 14.5 Å². The van der Waals surface area contributed by atoms with Gasteiger partial charge in [0.15, 0.2) is 11.5 Å². The zero-order valence-corrected chi connectivity index (χ0v) is 21.2. The largest absolute Gasteiger partial charge is 0.493 e. The van der Waals surface area contributed by atoms with Gasteiger partial charge in [0.05, 0.1) is 36.3 Å². The van der Waals surface area contributed by atoms with Gasteiger partial charge in [0.25, 0.3) is 11.8 Å². The SMILES string of the molecule is CCOc1cc(C(CN2C(=O)c3cccc(N(C(C)=O)N(C)C)c3C2=O)C[SH](=O)=O)ccc1OC. The lowest BCUT2D eigenvalue weighted by Gasteiger charge is -2.29. The van der Waals surface area contributed by atoms with E-state index in [0.29, 0.717) is 23.7 Å². The van der Waals surface area contributed by atoms with E-state index in [2.05, 4.69) is 0 Å². The second-order valence-corrected chi connectivity index (χ2v) is 9.18. The van der Waals surface area contributed by atoms with Crippen LogP contribution in [0.4, 0.5) is 5.69 Å². The minimum absolute atomic E-state index is 0.108. The lowest BCUT2D eigenvalue weighted by molar-refractivity contribution is -0.118. The summed E-state index contributed by atoms with van der Waals surface area (Å²) in [5.41, 5.74) is 1.14. The molecule has 3 amide bonds. The molecule has 0 spiro atoms. The highest BCUT2D eigenvalue weighted by Gasteiger charge is 2.40. The number of hydrazine groups is 1. The molecule has 0 saturated heterocycles. The monoisotopic (exact) mass is 503 g/mol. The first kappa shape index (κ1) is 26.2. The number of benzene rings is 2. The van der Waals surface area contributed by atoms with E-state index >= 15 is 0 Å². The molecule has 3 rings (SSSR count). The fourth-order valence-electron chi connectivity index (χ4n) is 4.21. The van der Waals surface area contributed by atoms with E-state index < -0.39 is 28.4 Å². The molecule has 11 heteroatoms. The van der Waals surface area contributed by atoms with Crippen molar-refractivity contribution in [3.63, 3.8) is 0 Å². The van der Waals surface area contributed by atoms with Crippen molar-refractivity contribution >= 4 is 34.1 Å². The first-order valence-corrected chi connectivity index (χ1v) is 12.4. The van der Waals surface area contributed by atoms with Crippen molar-refractivity contribution in [2.75, 3.05) is 45.1 Å². The molecule has 0 bridgehead atoms. The molecular weight excluding hydrogens is 474 g/mol. The summed E-state index contributed by atoms with van der Waals surface area (Å²) in [5, 5.41) is 2.83. The molecule has 0 radical (unpaired) electrons. The molecule has 10 nitrogen and oxygen atoms in total. The Hall–Kier alpha value is -3.44. The van der Waals surface area contributed by atoms with Gasteiger partial charge in [0.1, 0.15) is 10.7 Å². The predicted molar refractivity (Wildman–Crippen MR) is 131 cm³/mol. The van der Waals surface area contributed by atoms with E-state index in [1.807, 2.05) is 6.92 Å². The summed E-state index contributed by atoms with van der Waals surface area (Å²) in [7, 11) is 1.99. The molecule has 1 aliphatic rings. The molecule has 0 aliphatic carbocycles. The zero-order chi connectivity index (χ0) is 25.9. The van der Waals surface area contributed by atoms with Crippen LogP contribution in [0.1, 0.15) is 46.0 Å². The number of ether oxygens (including phenoxy) is 2. The molecule has 1 unspecified atom stereocenters. The molecule has 1 atom stereocenters. The van der Waals surface area contributed by atoms with E-state index in [1.54, 1.807) is 44.4 Å². The minimum atomic E-state index is -2.81. The van der Waals surface area contributed by atoms with Gasteiger partial charge < -0.3 is 9.47 Å². The van der Waals surface area contributed by atoms with Gasteiger partial charge in [-0.1, -0.05) is 12.1 Å². The molecule has 2 aromatic rings. The van der Waals surface area contributed by atoms with Crippen molar-refractivity contribution in [1.82, 2.24) is 9.91 Å². The smallest absolute Gasteiger partial charge is 0.263 e. The average molecular weight is 504 g/mol. The Morgan fingerprint density at radius 3 is 2.37 bits per heavy atom. The summed E-state index contributed by atoms with van der Waals surface area (Å²) >= 11 is 0. The molecule has 35 heavy (non-hydrogen) atoms. The van der Waals surface area contributed by atoms with E-state index in [0.717, 1.165) is 4.90 Å². The second-order valence-electron chi connectivity index (χ2n) is 8.15. The number of hydrogen-bond acceptors (Lipinski definition) is 8. The number of methoxy groups -OCH3 is 1. The Balaban J connectivity index is 2.01. The number of nitrogens with zero attached hydrogens (tertiary/aromatic N) is 3. The van der Waals surface area contributed by atoms with Crippen LogP contribution in [0, 0.1) is 0 Å². The molecule has 2 aromatic carbocycles. The Morgan fingerprint density at radius 2 is 1.80 bits per heavy atom. The third-order valence-electron chi connectivity index (χ3n) is 5.63. The van der Waals surface area contributed by atoms with Gasteiger partial charge in [-0.2, -0.15) is 0 Å². The molecule has 0 fully saturated rings. The van der Waals surface area contributed by atoms with E-state index in [-0.39, 0.29) is 35.0 Å². The number of thiol groups is 1. The van der Waals surface area contributed by atoms with Crippen LogP contribution in [0.25, 0.3) is 0 Å². The lowest BCUT2D eigenvalue weighted by Crippen LogP contribution is -2.42. The number of rotatable bonds is 10. The lowest BCUT2D eigenvalue weighted by atomic mass is 9.99. The van der Waals surface area contributed by atoms with Crippen LogP contribution in [0.2, 0.25) is 0 Å². The van der Waals surface area contributed by atoms with E-state index in [9.17, 15) is 22.8 Å². The number of carbonyl (C=O) groups is 3. The van der Waals surface area contributed by atoms with Gasteiger partial charge in [-0.15, -0.1) is 0 Å². The highest BCUT2D eigenvalue weighted by atomic mass is 32.2. The first-order chi connectivity index (χ1) is 16.6. The van der Waals surface area contributed by atoms with Crippen LogP contribution in [0.5, 0.6) is 11.5 Å². The Kier molecular flexibility index (Phi) is 8.13. The van der Waals surface area contributed by atoms with Crippen LogP contribution in [-0.4, -0.2) is 76.2 Å². The summed E-state index contributed by atoms with van der Waals surface area (Å²) in [6.07, 6.45) is 0. The van der Waals surface area contributed by atoms with Crippen molar-refractivity contribution in [2.45, 2.75) is 19.8 Å². The Bertz CT molecular complexity index is 1220. The van der Waals surface area contributed by atoms with Crippen molar-refractivity contribution < 1.29 is 32.3 Å². The van der Waals surface area contributed by atoms with Crippen LogP contribution in [0.15, 0.2) is 36.4 Å². The average Bonchev–Trinajstić information content (AvgIpc) is 3.03. The number of hydrogen-bond donors (Lipinski definition) is 1. The number of amides is 3. The number of imide groups is 1. The second kappa shape index (κ2) is 10.9. The van der Waals surface area contributed by atoms with Gasteiger partial charge in [0.2, 0.25) is 5.91 Å². The predicted octanol–water partition coefficient (Wildman–Crippen LogP) is 1.91. The van der Waals surface area contributed by atoms with Gasteiger partial charge in [-0.3, -0.25) is 19.3 Å². The fraction of sp³-hybridized carbons (Fsp3) is 0.375. The van der Waals surface area contributed by atoms with Gasteiger partial charge >= 0.3 is 0 Å². The van der Waals surface area contributed by atoms with Crippen molar-refractivity contribution in [3.05, 3.63) is 53.1 Å². The molecule has 1 heterocycles. The van der Waals surface area contributed by atoms with Crippen molar-refractivity contribution in [2.24, 2.45) is 0 Å². The number of anilines is 1. The van der Waals surface area contributed by atoms with Crippen LogP contribution >= 0.6 is 0 Å². The maximum atomic E-state index is 13.5. The van der Waals surface area contributed by atoms with Crippen LogP contribution in [0.3, 0.4) is 0 Å². The number of carbonyl (C=O) groups excluding carboxylic acids is 3. The normalized spacial score (nSPS) is 13.9. The first-order valence-electron chi connectivity index (χ1n) is 11.0. The molecule has 0 saturated carbocycles. The summed E-state index contributed by atoms with van der Waals surface area (Å²) in [4.78, 5) is 40.0. The maximum Gasteiger partial charge on any atom is 0.263 e. The van der Waals surface area contributed by atoms with Gasteiger partial charge in [-0.05, 0) is 36.8 Å². The zero-order valence-electron chi connectivity index (χ0n) is 20.3. The third kappa shape index (κ3) is 5.30. The third-order valence-corrected chi connectivity index (χ3v) is 6.37.